The number of rotatable bonds is 6. The summed E-state index contributed by atoms with van der Waals surface area (Å²) >= 11 is 0. The molecule has 5 nitrogen and oxygen atoms in total. The Balaban J connectivity index is 1.41. The molecule has 148 valence electrons. The molecule has 4 aliphatic rings. The van der Waals surface area contributed by atoms with E-state index in [1.54, 1.807) is 0 Å². The van der Waals surface area contributed by atoms with Crippen molar-refractivity contribution in [3.8, 4) is 0 Å². The summed E-state index contributed by atoms with van der Waals surface area (Å²) in [6.07, 6.45) is 4.00. The van der Waals surface area contributed by atoms with Gasteiger partial charge in [-0.1, -0.05) is 20.3 Å². The fourth-order valence-electron chi connectivity index (χ4n) is 5.12. The second kappa shape index (κ2) is 6.79. The van der Waals surface area contributed by atoms with Gasteiger partial charge in [-0.2, -0.15) is 0 Å². The van der Waals surface area contributed by atoms with Crippen molar-refractivity contribution in [2.24, 2.45) is 17.3 Å². The summed E-state index contributed by atoms with van der Waals surface area (Å²) in [5.41, 5.74) is -0.294. The summed E-state index contributed by atoms with van der Waals surface area (Å²) in [6, 6.07) is 0. The maximum absolute atomic E-state index is 11.8. The van der Waals surface area contributed by atoms with Crippen LogP contribution in [-0.2, 0) is 18.8 Å². The Labute approximate surface area is 158 Å². The van der Waals surface area contributed by atoms with Crippen molar-refractivity contribution in [3.05, 3.63) is 0 Å². The van der Waals surface area contributed by atoms with Gasteiger partial charge in [0.25, 0.3) is 0 Å². The first-order valence-electron chi connectivity index (χ1n) is 10.1. The first-order chi connectivity index (χ1) is 11.9. The largest absolute Gasteiger partial charge is 0.460 e. The van der Waals surface area contributed by atoms with Crippen LogP contribution in [0.4, 0.5) is 0 Å². The highest BCUT2D eigenvalue weighted by Gasteiger charge is 2.66. The first kappa shape index (κ1) is 20.2. The van der Waals surface area contributed by atoms with Gasteiger partial charge >= 0.3 is 13.1 Å². The van der Waals surface area contributed by atoms with Crippen LogP contribution in [0.1, 0.15) is 73.6 Å². The third kappa shape index (κ3) is 3.97. The normalized spacial score (nSPS) is 36.3. The Bertz CT molecular complexity index is 543. The third-order valence-corrected chi connectivity index (χ3v) is 6.66. The second-order valence-corrected chi connectivity index (χ2v) is 10.4. The lowest BCUT2D eigenvalue weighted by molar-refractivity contribution is -0.185. The molecule has 0 aromatic heterocycles. The van der Waals surface area contributed by atoms with Crippen LogP contribution in [0.2, 0.25) is 6.32 Å². The Morgan fingerprint density at radius 2 is 2.04 bits per heavy atom. The number of hydrogen-bond donors (Lipinski definition) is 1. The highest BCUT2D eigenvalue weighted by Crippen LogP contribution is 2.64. The van der Waals surface area contributed by atoms with E-state index in [1.807, 2.05) is 20.8 Å². The fraction of sp³-hybridized carbons (Fsp3) is 0.950. The fourth-order valence-corrected chi connectivity index (χ4v) is 5.12. The zero-order valence-electron chi connectivity index (χ0n) is 17.2. The molecular formula is C20H35BO5. The molecule has 1 aliphatic heterocycles. The van der Waals surface area contributed by atoms with Crippen molar-refractivity contribution >= 4 is 13.1 Å². The molecule has 5 atom stereocenters. The molecule has 0 amide bonds. The van der Waals surface area contributed by atoms with E-state index in [-0.39, 0.29) is 31.2 Å². The minimum Gasteiger partial charge on any atom is -0.460 e. The molecule has 4 fully saturated rings. The second-order valence-electron chi connectivity index (χ2n) is 10.4. The van der Waals surface area contributed by atoms with Crippen molar-refractivity contribution in [1.29, 1.82) is 0 Å². The van der Waals surface area contributed by atoms with Crippen LogP contribution in [0.25, 0.3) is 0 Å². The van der Waals surface area contributed by atoms with Crippen LogP contribution < -0.4 is 0 Å². The molecule has 26 heavy (non-hydrogen) atoms. The third-order valence-electron chi connectivity index (χ3n) is 6.66. The van der Waals surface area contributed by atoms with Gasteiger partial charge in [-0.15, -0.1) is 0 Å². The van der Waals surface area contributed by atoms with Crippen LogP contribution in [0, 0.1) is 17.3 Å². The molecule has 4 rings (SSSR count). The molecular weight excluding hydrogens is 331 g/mol. The van der Waals surface area contributed by atoms with E-state index in [2.05, 4.69) is 20.8 Å². The molecule has 1 saturated heterocycles. The Morgan fingerprint density at radius 1 is 1.35 bits per heavy atom. The molecule has 6 heteroatoms. The summed E-state index contributed by atoms with van der Waals surface area (Å²) in [6.45, 7) is 12.4. The molecule has 3 saturated carbocycles. The number of hydrogen-bond acceptors (Lipinski definition) is 5. The van der Waals surface area contributed by atoms with Gasteiger partial charge in [0.2, 0.25) is 0 Å². The van der Waals surface area contributed by atoms with Crippen LogP contribution in [0.15, 0.2) is 0 Å². The maximum atomic E-state index is 11.8. The highest BCUT2D eigenvalue weighted by atomic mass is 16.7. The van der Waals surface area contributed by atoms with Crippen molar-refractivity contribution < 1.29 is 23.9 Å². The zero-order valence-corrected chi connectivity index (χ0v) is 17.2. The smallest absolute Gasteiger partial charge is 0.457 e. The van der Waals surface area contributed by atoms with Gasteiger partial charge in [0, 0.05) is 0 Å². The SMILES string of the molecule is CC(C)(C)OC(=O)CC(O)CCCB1O[C@@H]2[C@@H]3C[C@H](C[C@]2(C)O1)C3(C)C. The predicted octanol–water partition coefficient (Wildman–Crippen LogP) is 3.59. The lowest BCUT2D eigenvalue weighted by atomic mass is 9.45. The van der Waals surface area contributed by atoms with Crippen LogP contribution in [0.5, 0.6) is 0 Å². The summed E-state index contributed by atoms with van der Waals surface area (Å²) in [5, 5.41) is 10.1. The standard InChI is InChI=1S/C20H35BO5/c1-18(2,3)24-16(23)11-14(22)8-7-9-21-25-17-15-10-13(19(15,4)5)12-20(17,6)26-21/h13-15,17,22H,7-12H2,1-6H3/t13-,14?,15+,17-,20+/m1/s1. The minimum absolute atomic E-state index is 0.0436. The topological polar surface area (TPSA) is 65.0 Å². The average Bonchev–Trinajstić information content (AvgIpc) is 2.80. The van der Waals surface area contributed by atoms with Gasteiger partial charge in [0.1, 0.15) is 5.60 Å². The summed E-state index contributed by atoms with van der Waals surface area (Å²) in [5.74, 6) is 0.986. The number of ether oxygens (including phenoxy) is 1. The summed E-state index contributed by atoms with van der Waals surface area (Å²) < 4.78 is 17.8. The lowest BCUT2D eigenvalue weighted by Crippen LogP contribution is -2.63. The Hall–Kier alpha value is -0.585. The van der Waals surface area contributed by atoms with Crippen molar-refractivity contribution in [2.45, 2.75) is 103 Å². The van der Waals surface area contributed by atoms with Crippen molar-refractivity contribution in [2.75, 3.05) is 0 Å². The van der Waals surface area contributed by atoms with Gasteiger partial charge in [-0.3, -0.25) is 4.79 Å². The predicted molar refractivity (Wildman–Crippen MR) is 101 cm³/mol. The van der Waals surface area contributed by atoms with E-state index in [9.17, 15) is 9.90 Å². The number of aliphatic hydroxyl groups excluding tert-OH is 1. The molecule has 1 unspecified atom stereocenters. The van der Waals surface area contributed by atoms with E-state index in [0.717, 1.165) is 25.1 Å². The molecule has 1 heterocycles. The van der Waals surface area contributed by atoms with Crippen molar-refractivity contribution in [3.63, 3.8) is 0 Å². The van der Waals surface area contributed by atoms with Gasteiger partial charge in [-0.05, 0) is 70.5 Å². The van der Waals surface area contributed by atoms with E-state index in [1.165, 1.54) is 6.42 Å². The molecule has 0 aromatic carbocycles. The Morgan fingerprint density at radius 3 is 2.65 bits per heavy atom. The first-order valence-corrected chi connectivity index (χ1v) is 10.1. The van der Waals surface area contributed by atoms with E-state index >= 15 is 0 Å². The number of aliphatic hydroxyl groups is 1. The highest BCUT2D eigenvalue weighted by molar-refractivity contribution is 6.45. The van der Waals surface area contributed by atoms with E-state index in [4.69, 9.17) is 14.0 Å². The summed E-state index contributed by atoms with van der Waals surface area (Å²) in [4.78, 5) is 11.8. The molecule has 0 radical (unpaired) electrons. The number of esters is 1. The van der Waals surface area contributed by atoms with E-state index in [0.29, 0.717) is 17.8 Å². The number of carbonyl (C=O) groups is 1. The monoisotopic (exact) mass is 366 g/mol. The molecule has 3 aliphatic carbocycles. The van der Waals surface area contributed by atoms with Crippen LogP contribution >= 0.6 is 0 Å². The van der Waals surface area contributed by atoms with Crippen LogP contribution in [0.3, 0.4) is 0 Å². The zero-order chi connectivity index (χ0) is 19.3. The van der Waals surface area contributed by atoms with Gasteiger partial charge in [-0.25, -0.2) is 0 Å². The van der Waals surface area contributed by atoms with Gasteiger partial charge < -0.3 is 19.2 Å². The molecule has 1 N–H and O–H groups in total. The molecule has 2 bridgehead atoms. The average molecular weight is 366 g/mol. The lowest BCUT2D eigenvalue weighted by Gasteiger charge is -2.63. The summed E-state index contributed by atoms with van der Waals surface area (Å²) in [7, 11) is -0.186. The Kier molecular flexibility index (Phi) is 5.26. The van der Waals surface area contributed by atoms with Gasteiger partial charge in [0.15, 0.2) is 0 Å². The minimum atomic E-state index is -0.670. The number of carbonyl (C=O) groups excluding carboxylic acids is 1. The molecule has 0 spiro atoms. The van der Waals surface area contributed by atoms with Crippen molar-refractivity contribution in [1.82, 2.24) is 0 Å². The van der Waals surface area contributed by atoms with Crippen LogP contribution in [-0.4, -0.2) is 41.6 Å². The van der Waals surface area contributed by atoms with Gasteiger partial charge in [0.05, 0.1) is 24.2 Å². The quantitative estimate of drug-likeness (QED) is 0.575. The maximum Gasteiger partial charge on any atom is 0.457 e. The van der Waals surface area contributed by atoms with E-state index < -0.39 is 11.7 Å². The molecule has 0 aromatic rings.